The molecule has 1 atom stereocenters. The molecule has 25 heavy (non-hydrogen) atoms. The summed E-state index contributed by atoms with van der Waals surface area (Å²) in [4.78, 5) is 25.5. The van der Waals surface area contributed by atoms with Gasteiger partial charge < -0.3 is 20.6 Å². The van der Waals surface area contributed by atoms with Gasteiger partial charge in [0.25, 0.3) is 0 Å². The average Bonchev–Trinajstić information content (AvgIpc) is 2.59. The highest BCUT2D eigenvalue weighted by Gasteiger charge is 2.16. The molecule has 0 saturated heterocycles. The first-order valence-corrected chi connectivity index (χ1v) is 7.67. The van der Waals surface area contributed by atoms with Gasteiger partial charge >= 0.3 is 11.8 Å². The van der Waals surface area contributed by atoms with Gasteiger partial charge in [0.2, 0.25) is 0 Å². The van der Waals surface area contributed by atoms with Crippen LogP contribution in [-0.4, -0.2) is 37.6 Å². The Hall–Kier alpha value is -2.93. The van der Waals surface area contributed by atoms with Gasteiger partial charge in [-0.15, -0.1) is 0 Å². The van der Waals surface area contributed by atoms with Crippen molar-refractivity contribution in [2.75, 3.05) is 30.9 Å². The van der Waals surface area contributed by atoms with E-state index in [9.17, 15) is 19.1 Å². The Labute approximate surface area is 145 Å². The molecular formula is C18H20FN3O3. The van der Waals surface area contributed by atoms with Crippen LogP contribution in [0.15, 0.2) is 48.5 Å². The van der Waals surface area contributed by atoms with Gasteiger partial charge in [0.15, 0.2) is 0 Å². The van der Waals surface area contributed by atoms with Crippen molar-refractivity contribution in [1.82, 2.24) is 5.32 Å². The van der Waals surface area contributed by atoms with E-state index in [4.69, 9.17) is 0 Å². The molecule has 0 heterocycles. The third-order valence-electron chi connectivity index (χ3n) is 3.54. The highest BCUT2D eigenvalue weighted by atomic mass is 19.1. The minimum Gasteiger partial charge on any atom is -0.387 e. The summed E-state index contributed by atoms with van der Waals surface area (Å²) in [5, 5.41) is 14.7. The van der Waals surface area contributed by atoms with Gasteiger partial charge in [-0.05, 0) is 35.9 Å². The molecule has 0 saturated carbocycles. The van der Waals surface area contributed by atoms with Crippen molar-refractivity contribution >= 4 is 23.2 Å². The summed E-state index contributed by atoms with van der Waals surface area (Å²) >= 11 is 0. The third kappa shape index (κ3) is 5.29. The Kier molecular flexibility index (Phi) is 6.08. The smallest absolute Gasteiger partial charge is 0.313 e. The summed E-state index contributed by atoms with van der Waals surface area (Å²) < 4.78 is 13.1. The fraction of sp³-hybridized carbons (Fsp3) is 0.222. The van der Waals surface area contributed by atoms with Gasteiger partial charge in [-0.25, -0.2) is 4.39 Å². The second kappa shape index (κ2) is 8.25. The zero-order valence-corrected chi connectivity index (χ0v) is 14.0. The molecule has 2 aromatic carbocycles. The van der Waals surface area contributed by atoms with Crippen molar-refractivity contribution in [1.29, 1.82) is 0 Å². The lowest BCUT2D eigenvalue weighted by Gasteiger charge is -2.15. The lowest BCUT2D eigenvalue weighted by Crippen LogP contribution is -2.37. The van der Waals surface area contributed by atoms with Gasteiger partial charge in [-0.3, -0.25) is 9.59 Å². The minimum atomic E-state index is -0.942. The van der Waals surface area contributed by atoms with Gasteiger partial charge in [0.1, 0.15) is 5.82 Å². The quantitative estimate of drug-likeness (QED) is 0.720. The van der Waals surface area contributed by atoms with Crippen LogP contribution < -0.4 is 15.5 Å². The van der Waals surface area contributed by atoms with Crippen LogP contribution >= 0.6 is 0 Å². The standard InChI is InChI=1S/C18H20FN3O3/c1-22(2)15-8-6-12(7-9-15)16(23)11-20-17(24)18(25)21-14-5-3-4-13(19)10-14/h3-10,16,23H,11H2,1-2H3,(H,20,24)(H,21,25). The third-order valence-corrected chi connectivity index (χ3v) is 3.54. The van der Waals surface area contributed by atoms with Crippen LogP contribution in [0.3, 0.4) is 0 Å². The normalized spacial score (nSPS) is 11.5. The zero-order valence-electron chi connectivity index (χ0n) is 14.0. The van der Waals surface area contributed by atoms with Crippen LogP contribution in [0.1, 0.15) is 11.7 Å². The maximum atomic E-state index is 13.1. The van der Waals surface area contributed by atoms with Crippen LogP contribution in [0.4, 0.5) is 15.8 Å². The SMILES string of the molecule is CN(C)c1ccc(C(O)CNC(=O)C(=O)Nc2cccc(F)c2)cc1. The van der Waals surface area contributed by atoms with E-state index in [1.807, 2.05) is 31.1 Å². The lowest BCUT2D eigenvalue weighted by atomic mass is 10.1. The Bertz CT molecular complexity index is 747. The second-order valence-corrected chi connectivity index (χ2v) is 5.68. The number of hydrogen-bond donors (Lipinski definition) is 3. The molecule has 0 aliphatic heterocycles. The number of nitrogens with one attached hydrogen (secondary N) is 2. The molecule has 1 unspecified atom stereocenters. The summed E-state index contributed by atoms with van der Waals surface area (Å²) in [6.07, 6.45) is -0.942. The summed E-state index contributed by atoms with van der Waals surface area (Å²) in [7, 11) is 3.81. The van der Waals surface area contributed by atoms with E-state index in [1.54, 1.807) is 12.1 Å². The summed E-state index contributed by atoms with van der Waals surface area (Å²) in [6.45, 7) is -0.114. The van der Waals surface area contributed by atoms with Crippen LogP contribution in [0.25, 0.3) is 0 Å². The molecule has 0 fully saturated rings. The molecule has 2 amide bonds. The summed E-state index contributed by atoms with van der Waals surface area (Å²) in [5.41, 5.74) is 1.78. The predicted molar refractivity (Wildman–Crippen MR) is 93.8 cm³/mol. The minimum absolute atomic E-state index is 0.114. The molecule has 0 spiro atoms. The van der Waals surface area contributed by atoms with E-state index in [2.05, 4.69) is 10.6 Å². The molecule has 7 heteroatoms. The number of aliphatic hydroxyl groups excluding tert-OH is 1. The number of rotatable bonds is 5. The summed E-state index contributed by atoms with van der Waals surface area (Å²) in [5.74, 6) is -2.36. The Balaban J connectivity index is 1.86. The van der Waals surface area contributed by atoms with Crippen molar-refractivity contribution in [2.24, 2.45) is 0 Å². The lowest BCUT2D eigenvalue weighted by molar-refractivity contribution is -0.136. The molecule has 0 aliphatic rings. The molecule has 0 aromatic heterocycles. The van der Waals surface area contributed by atoms with Crippen molar-refractivity contribution < 1.29 is 19.1 Å². The number of carbonyl (C=O) groups excluding carboxylic acids is 2. The topological polar surface area (TPSA) is 81.7 Å². The first kappa shape index (κ1) is 18.4. The number of hydrogen-bond acceptors (Lipinski definition) is 4. The van der Waals surface area contributed by atoms with Crippen molar-refractivity contribution in [3.63, 3.8) is 0 Å². The fourth-order valence-electron chi connectivity index (χ4n) is 2.14. The second-order valence-electron chi connectivity index (χ2n) is 5.68. The molecule has 2 aromatic rings. The first-order valence-electron chi connectivity index (χ1n) is 7.67. The Morgan fingerprint density at radius 1 is 1.12 bits per heavy atom. The fourth-order valence-corrected chi connectivity index (χ4v) is 2.14. The number of nitrogens with zero attached hydrogens (tertiary/aromatic N) is 1. The first-order chi connectivity index (χ1) is 11.9. The molecule has 132 valence electrons. The highest BCUT2D eigenvalue weighted by Crippen LogP contribution is 2.17. The monoisotopic (exact) mass is 345 g/mol. The van der Waals surface area contributed by atoms with Crippen molar-refractivity contribution in [3.8, 4) is 0 Å². The number of amides is 2. The van der Waals surface area contributed by atoms with Crippen LogP contribution in [-0.2, 0) is 9.59 Å². The maximum Gasteiger partial charge on any atom is 0.313 e. The molecule has 2 rings (SSSR count). The van der Waals surface area contributed by atoms with Gasteiger partial charge in [-0.1, -0.05) is 18.2 Å². The van der Waals surface area contributed by atoms with Gasteiger partial charge in [0.05, 0.1) is 6.10 Å². The van der Waals surface area contributed by atoms with E-state index >= 15 is 0 Å². The van der Waals surface area contributed by atoms with E-state index in [0.29, 0.717) is 5.56 Å². The van der Waals surface area contributed by atoms with E-state index < -0.39 is 23.7 Å². The Morgan fingerprint density at radius 2 is 1.80 bits per heavy atom. The number of carbonyl (C=O) groups is 2. The molecule has 3 N–H and O–H groups in total. The van der Waals surface area contributed by atoms with Gasteiger partial charge in [0, 0.05) is 32.0 Å². The van der Waals surface area contributed by atoms with Crippen molar-refractivity contribution in [2.45, 2.75) is 6.10 Å². The number of benzene rings is 2. The number of halogens is 1. The molecule has 0 aliphatic carbocycles. The molecule has 0 bridgehead atoms. The van der Waals surface area contributed by atoms with Crippen LogP contribution in [0.2, 0.25) is 0 Å². The average molecular weight is 345 g/mol. The number of anilines is 2. The molecule has 0 radical (unpaired) electrons. The Morgan fingerprint density at radius 3 is 2.40 bits per heavy atom. The zero-order chi connectivity index (χ0) is 18.4. The van der Waals surface area contributed by atoms with E-state index in [1.165, 1.54) is 18.2 Å². The van der Waals surface area contributed by atoms with E-state index in [0.717, 1.165) is 11.8 Å². The summed E-state index contributed by atoms with van der Waals surface area (Å²) in [6, 6.07) is 12.4. The van der Waals surface area contributed by atoms with Gasteiger partial charge in [-0.2, -0.15) is 0 Å². The van der Waals surface area contributed by atoms with E-state index in [-0.39, 0.29) is 12.2 Å². The molecular weight excluding hydrogens is 325 g/mol. The number of aliphatic hydroxyl groups is 1. The van der Waals surface area contributed by atoms with Crippen LogP contribution in [0, 0.1) is 5.82 Å². The molecule has 6 nitrogen and oxygen atoms in total. The van der Waals surface area contributed by atoms with Crippen LogP contribution in [0.5, 0.6) is 0 Å². The predicted octanol–water partition coefficient (Wildman–Crippen LogP) is 1.68. The largest absolute Gasteiger partial charge is 0.387 e. The maximum absolute atomic E-state index is 13.1. The highest BCUT2D eigenvalue weighted by molar-refractivity contribution is 6.39. The van der Waals surface area contributed by atoms with Crippen molar-refractivity contribution in [3.05, 3.63) is 59.9 Å².